The molecule has 3 aromatic rings. The van der Waals surface area contributed by atoms with Gasteiger partial charge in [0.25, 0.3) is 12.6 Å². The van der Waals surface area contributed by atoms with Gasteiger partial charge >= 0.3 is 0 Å². The molecule has 3 rings (SSSR count). The molecule has 0 aliphatic carbocycles. The van der Waals surface area contributed by atoms with Crippen LogP contribution in [0.4, 0.5) is 11.4 Å². The Morgan fingerprint density at radius 3 is 2.66 bits per heavy atom. The van der Waals surface area contributed by atoms with Gasteiger partial charge in [0.1, 0.15) is 0 Å². The van der Waals surface area contributed by atoms with E-state index < -0.39 is 15.9 Å². The van der Waals surface area contributed by atoms with E-state index in [4.69, 9.17) is 6.57 Å². The number of nitrogens with one attached hydrogen (secondary N) is 2. The van der Waals surface area contributed by atoms with Crippen LogP contribution in [0.25, 0.3) is 16.2 Å². The molecule has 0 spiro atoms. The van der Waals surface area contributed by atoms with Crippen LogP contribution in [-0.2, 0) is 16.7 Å². The van der Waals surface area contributed by atoms with E-state index in [2.05, 4.69) is 35.8 Å². The van der Waals surface area contributed by atoms with Gasteiger partial charge in [0.2, 0.25) is 10.0 Å². The van der Waals surface area contributed by atoms with Gasteiger partial charge in [0.05, 0.1) is 28.9 Å². The van der Waals surface area contributed by atoms with Gasteiger partial charge in [-0.25, -0.2) is 15.0 Å². The number of aromatic nitrogens is 2. The second-order valence-corrected chi connectivity index (χ2v) is 8.82. The first-order valence-electron chi connectivity index (χ1n) is 8.30. The fourth-order valence-corrected chi connectivity index (χ4v) is 3.73. The maximum absolute atomic E-state index is 12.7. The van der Waals surface area contributed by atoms with Crippen molar-refractivity contribution in [3.05, 3.63) is 76.3 Å². The zero-order chi connectivity index (χ0) is 21.0. The zero-order valence-corrected chi connectivity index (χ0v) is 17.7. The second-order valence-electron chi connectivity index (χ2n) is 6.16. The first-order valence-corrected chi connectivity index (χ1v) is 11.0. The van der Waals surface area contributed by atoms with Gasteiger partial charge in [-0.15, -0.1) is 0 Å². The predicted octanol–water partition coefficient (Wildman–Crippen LogP) is 3.81. The van der Waals surface area contributed by atoms with Crippen molar-refractivity contribution in [3.63, 3.8) is 0 Å². The lowest BCUT2D eigenvalue weighted by Gasteiger charge is -2.09. The molecule has 0 unspecified atom stereocenters. The third-order valence-electron chi connectivity index (χ3n) is 3.77. The minimum Gasteiger partial charge on any atom is -0.322 e. The van der Waals surface area contributed by atoms with Gasteiger partial charge in [-0.05, 0) is 36.4 Å². The van der Waals surface area contributed by atoms with Crippen LogP contribution in [0.3, 0.4) is 0 Å². The largest absolute Gasteiger partial charge is 0.322 e. The molecule has 0 fully saturated rings. The number of sulfonamides is 1. The lowest BCUT2D eigenvalue weighted by Crippen LogP contribution is -2.13. The van der Waals surface area contributed by atoms with Gasteiger partial charge < -0.3 is 5.32 Å². The van der Waals surface area contributed by atoms with E-state index in [9.17, 15) is 13.2 Å². The molecular weight excluding hydrogens is 458 g/mol. The third-order valence-corrected chi connectivity index (χ3v) is 4.83. The lowest BCUT2D eigenvalue weighted by atomic mass is 10.2. The van der Waals surface area contributed by atoms with Crippen LogP contribution >= 0.6 is 15.9 Å². The summed E-state index contributed by atoms with van der Waals surface area (Å²) in [6.07, 6.45) is 4.28. The fraction of sp³-hybridized carbons (Fsp3) is 0.105. The van der Waals surface area contributed by atoms with Gasteiger partial charge in [-0.2, -0.15) is 0 Å². The molecule has 2 aromatic heterocycles. The van der Waals surface area contributed by atoms with E-state index in [0.717, 1.165) is 6.26 Å². The van der Waals surface area contributed by atoms with Crippen molar-refractivity contribution in [2.45, 2.75) is 6.67 Å². The van der Waals surface area contributed by atoms with Crippen molar-refractivity contribution in [2.24, 2.45) is 0 Å². The Balaban J connectivity index is 1.89. The maximum atomic E-state index is 12.7. The van der Waals surface area contributed by atoms with Gasteiger partial charge in [0, 0.05) is 22.6 Å². The van der Waals surface area contributed by atoms with Gasteiger partial charge in [-0.1, -0.05) is 22.0 Å². The molecule has 0 bridgehead atoms. The average Bonchev–Trinajstić information content (AvgIpc) is 3.05. The summed E-state index contributed by atoms with van der Waals surface area (Å²) in [5.41, 5.74) is 2.38. The highest BCUT2D eigenvalue weighted by Crippen LogP contribution is 2.25. The Kier molecular flexibility index (Phi) is 6.00. The zero-order valence-electron chi connectivity index (χ0n) is 15.3. The van der Waals surface area contributed by atoms with Crippen LogP contribution in [0, 0.1) is 6.57 Å². The summed E-state index contributed by atoms with van der Waals surface area (Å²) in [7, 11) is -3.45. The van der Waals surface area contributed by atoms with E-state index in [1.165, 1.54) is 6.07 Å². The molecule has 148 valence electrons. The van der Waals surface area contributed by atoms with Crippen LogP contribution in [0.5, 0.6) is 0 Å². The molecule has 2 N–H and O–H groups in total. The average molecular weight is 474 g/mol. The summed E-state index contributed by atoms with van der Waals surface area (Å²) in [5, 5.41) is 2.74. The summed E-state index contributed by atoms with van der Waals surface area (Å²) in [6, 6.07) is 11.8. The molecular formula is C19H16BrN5O3S. The second kappa shape index (κ2) is 8.46. The molecule has 2 heterocycles. The molecule has 0 atom stereocenters. The van der Waals surface area contributed by atoms with Crippen LogP contribution in [-0.4, -0.2) is 30.1 Å². The van der Waals surface area contributed by atoms with Crippen molar-refractivity contribution >= 4 is 43.2 Å². The van der Waals surface area contributed by atoms with Gasteiger partial charge in [0.15, 0.2) is 0 Å². The van der Waals surface area contributed by atoms with Crippen LogP contribution < -0.4 is 10.0 Å². The number of hydrogen-bond donors (Lipinski definition) is 2. The third kappa shape index (κ3) is 5.43. The van der Waals surface area contributed by atoms with Gasteiger partial charge in [-0.3, -0.25) is 23.9 Å². The first kappa shape index (κ1) is 20.6. The van der Waals surface area contributed by atoms with Crippen molar-refractivity contribution < 1.29 is 13.2 Å². The Morgan fingerprint density at radius 2 is 2.00 bits per heavy atom. The standard InChI is InChI=1S/C19H16BrN5O3S/c1-21-12-25-11-13(7-18(25)17-5-3-4-6-22-17)19(26)23-15-8-14(20)9-16(10-15)24-29(2,27)28/h3-11,24H,12H2,2H3,(H,23,26). The number of anilines is 2. The van der Waals surface area contributed by atoms with E-state index in [0.29, 0.717) is 32.8 Å². The number of pyridine rings is 1. The van der Waals surface area contributed by atoms with Crippen molar-refractivity contribution in [2.75, 3.05) is 16.3 Å². The summed E-state index contributed by atoms with van der Waals surface area (Å²) < 4.78 is 27.5. The maximum Gasteiger partial charge on any atom is 0.293 e. The highest BCUT2D eigenvalue weighted by molar-refractivity contribution is 9.10. The van der Waals surface area contributed by atoms with E-state index in [1.54, 1.807) is 47.3 Å². The lowest BCUT2D eigenvalue weighted by molar-refractivity contribution is 0.102. The van der Waals surface area contributed by atoms with Crippen LogP contribution in [0.2, 0.25) is 0 Å². The molecule has 0 aliphatic heterocycles. The van der Waals surface area contributed by atoms with Crippen molar-refractivity contribution in [1.29, 1.82) is 0 Å². The quantitative estimate of drug-likeness (QED) is 0.531. The van der Waals surface area contributed by atoms with E-state index in [-0.39, 0.29) is 6.67 Å². The fourth-order valence-electron chi connectivity index (χ4n) is 2.70. The Labute approximate surface area is 176 Å². The predicted molar refractivity (Wildman–Crippen MR) is 115 cm³/mol. The normalized spacial score (nSPS) is 10.9. The first-order chi connectivity index (χ1) is 13.7. The molecule has 8 nitrogen and oxygen atoms in total. The monoisotopic (exact) mass is 473 g/mol. The minimum atomic E-state index is -3.45. The Morgan fingerprint density at radius 1 is 1.24 bits per heavy atom. The molecule has 0 saturated carbocycles. The summed E-state index contributed by atoms with van der Waals surface area (Å²) >= 11 is 3.30. The SMILES string of the molecule is [C-]#[N+]Cn1cc(C(=O)Nc2cc(Br)cc(NS(C)(=O)=O)c2)cc1-c1ccccn1. The number of carbonyl (C=O) groups is 1. The van der Waals surface area contributed by atoms with Crippen LogP contribution in [0.15, 0.2) is 59.3 Å². The smallest absolute Gasteiger partial charge is 0.293 e. The van der Waals surface area contributed by atoms with Crippen molar-refractivity contribution in [3.8, 4) is 11.4 Å². The molecule has 0 saturated heterocycles. The number of amides is 1. The highest BCUT2D eigenvalue weighted by Gasteiger charge is 2.16. The molecule has 29 heavy (non-hydrogen) atoms. The number of rotatable bonds is 6. The minimum absolute atomic E-state index is 0.0541. The molecule has 1 amide bonds. The molecule has 0 radical (unpaired) electrons. The summed E-state index contributed by atoms with van der Waals surface area (Å²) in [5.74, 6) is -0.394. The number of hydrogen-bond acceptors (Lipinski definition) is 4. The summed E-state index contributed by atoms with van der Waals surface area (Å²) in [6.45, 7) is 7.19. The number of carbonyl (C=O) groups excluding carboxylic acids is 1. The Hall–Kier alpha value is -3.16. The topological polar surface area (TPSA) is 97.5 Å². The summed E-state index contributed by atoms with van der Waals surface area (Å²) in [4.78, 5) is 20.4. The van der Waals surface area contributed by atoms with Crippen molar-refractivity contribution in [1.82, 2.24) is 9.55 Å². The molecule has 1 aromatic carbocycles. The number of halogens is 1. The Bertz CT molecular complexity index is 1200. The number of benzene rings is 1. The van der Waals surface area contributed by atoms with E-state index >= 15 is 0 Å². The van der Waals surface area contributed by atoms with E-state index in [1.807, 2.05) is 6.07 Å². The molecule has 10 heteroatoms. The van der Waals surface area contributed by atoms with Crippen LogP contribution in [0.1, 0.15) is 10.4 Å². The highest BCUT2D eigenvalue weighted by atomic mass is 79.9. The molecule has 0 aliphatic rings. The number of nitrogens with zero attached hydrogens (tertiary/aromatic N) is 3.